The van der Waals surface area contributed by atoms with E-state index in [-0.39, 0.29) is 35.9 Å². The molecule has 4 atom stereocenters. The zero-order chi connectivity index (χ0) is 18.5. The minimum Gasteiger partial charge on any atom is -0.373 e. The second-order valence-electron chi connectivity index (χ2n) is 7.90. The number of ether oxygens (including phenoxy) is 1. The Morgan fingerprint density at radius 1 is 1.30 bits per heavy atom. The Morgan fingerprint density at radius 2 is 2.11 bits per heavy atom. The zero-order valence-corrected chi connectivity index (χ0v) is 19.3. The lowest BCUT2D eigenvalue weighted by Gasteiger charge is -2.26. The van der Waals surface area contributed by atoms with E-state index in [9.17, 15) is 4.79 Å². The smallest absolute Gasteiger partial charge is 0.239 e. The van der Waals surface area contributed by atoms with Crippen LogP contribution in [0.4, 0.5) is 0 Å². The van der Waals surface area contributed by atoms with Gasteiger partial charge in [0, 0.05) is 33.7 Å². The summed E-state index contributed by atoms with van der Waals surface area (Å²) in [6.07, 6.45) is 7.33. The molecule has 0 radical (unpaired) electrons. The van der Waals surface area contributed by atoms with Crippen molar-refractivity contribution < 1.29 is 9.53 Å². The van der Waals surface area contributed by atoms with Crippen LogP contribution >= 0.6 is 24.0 Å². The van der Waals surface area contributed by atoms with E-state index >= 15 is 0 Å². The van der Waals surface area contributed by atoms with Gasteiger partial charge in [-0.15, -0.1) is 24.0 Å². The number of rotatable bonds is 7. The molecule has 8 heteroatoms. The molecule has 1 amide bonds. The Labute approximate surface area is 180 Å². The first-order valence-electron chi connectivity index (χ1n) is 10.2. The highest BCUT2D eigenvalue weighted by atomic mass is 127. The normalized spacial score (nSPS) is 30.3. The maximum absolute atomic E-state index is 12.3. The molecule has 0 aromatic heterocycles. The van der Waals surface area contributed by atoms with Crippen LogP contribution in [0.15, 0.2) is 4.99 Å². The van der Waals surface area contributed by atoms with Crippen molar-refractivity contribution in [1.82, 2.24) is 20.4 Å². The van der Waals surface area contributed by atoms with Gasteiger partial charge in [-0.25, -0.2) is 0 Å². The summed E-state index contributed by atoms with van der Waals surface area (Å²) in [5, 5.41) is 6.91. The number of nitrogens with one attached hydrogen (secondary N) is 2. The predicted molar refractivity (Wildman–Crippen MR) is 119 cm³/mol. The third kappa shape index (κ3) is 5.93. The standard InChI is InChI=1S/C19H35N5O2.HI/c1-4-20-19(22-15-13-14-8-9-17(15)26-14)21-10-6-12-24-11-5-7-16(24)18(25)23(2)3;/h14-17H,4-13H2,1-3H3,(H2,20,21,22);1H. The molecular formula is C19H36IN5O2. The summed E-state index contributed by atoms with van der Waals surface area (Å²) in [6, 6.07) is 0.457. The van der Waals surface area contributed by atoms with E-state index in [0.717, 1.165) is 64.2 Å². The Kier molecular flexibility index (Phi) is 9.07. The average molecular weight is 493 g/mol. The number of fused-ring (bicyclic) bond motifs is 2. The average Bonchev–Trinajstić information content (AvgIpc) is 3.34. The Balaban J connectivity index is 0.00000261. The van der Waals surface area contributed by atoms with Gasteiger partial charge in [0.2, 0.25) is 5.91 Å². The monoisotopic (exact) mass is 493 g/mol. The van der Waals surface area contributed by atoms with Crippen molar-refractivity contribution in [2.75, 3.05) is 40.3 Å². The highest BCUT2D eigenvalue weighted by Gasteiger charge is 2.41. The van der Waals surface area contributed by atoms with Gasteiger partial charge in [-0.05, 0) is 52.0 Å². The predicted octanol–water partition coefficient (Wildman–Crippen LogP) is 1.42. The van der Waals surface area contributed by atoms with E-state index < -0.39 is 0 Å². The third-order valence-corrected chi connectivity index (χ3v) is 5.74. The molecule has 3 fully saturated rings. The molecule has 3 saturated heterocycles. The number of aliphatic imine (C=N–C) groups is 1. The molecule has 4 unspecified atom stereocenters. The van der Waals surface area contributed by atoms with Crippen molar-refractivity contribution in [2.24, 2.45) is 4.99 Å². The zero-order valence-electron chi connectivity index (χ0n) is 16.9. The second-order valence-corrected chi connectivity index (χ2v) is 7.90. The van der Waals surface area contributed by atoms with Crippen molar-refractivity contribution in [3.05, 3.63) is 0 Å². The third-order valence-electron chi connectivity index (χ3n) is 5.74. The minimum absolute atomic E-state index is 0. The number of likely N-dealkylation sites (tertiary alicyclic amines) is 1. The molecule has 0 aromatic carbocycles. The number of guanidine groups is 1. The molecule has 2 N–H and O–H groups in total. The van der Waals surface area contributed by atoms with E-state index in [1.54, 1.807) is 4.90 Å². The van der Waals surface area contributed by atoms with Gasteiger partial charge in [0.15, 0.2) is 5.96 Å². The van der Waals surface area contributed by atoms with Crippen LogP contribution in [-0.2, 0) is 9.53 Å². The number of hydrogen-bond donors (Lipinski definition) is 2. The Morgan fingerprint density at radius 3 is 2.74 bits per heavy atom. The molecule has 27 heavy (non-hydrogen) atoms. The molecular weight excluding hydrogens is 457 g/mol. The number of amides is 1. The SMILES string of the molecule is CCNC(=NCCCN1CCCC1C(=O)N(C)C)NC1CC2CCC1O2.I. The quantitative estimate of drug-likeness (QED) is 0.243. The molecule has 0 spiro atoms. The number of nitrogens with zero attached hydrogens (tertiary/aromatic N) is 3. The minimum atomic E-state index is 0. The van der Waals surface area contributed by atoms with Crippen molar-refractivity contribution in [3.8, 4) is 0 Å². The molecule has 7 nitrogen and oxygen atoms in total. The topological polar surface area (TPSA) is 69.2 Å². The van der Waals surface area contributed by atoms with Gasteiger partial charge in [0.25, 0.3) is 0 Å². The van der Waals surface area contributed by atoms with Gasteiger partial charge in [-0.2, -0.15) is 0 Å². The number of hydrogen-bond acceptors (Lipinski definition) is 4. The molecule has 0 aromatic rings. The summed E-state index contributed by atoms with van der Waals surface area (Å²) < 4.78 is 5.92. The van der Waals surface area contributed by atoms with Crippen LogP contribution in [0, 0.1) is 0 Å². The van der Waals surface area contributed by atoms with Crippen LogP contribution in [-0.4, -0.2) is 86.2 Å². The maximum Gasteiger partial charge on any atom is 0.239 e. The second kappa shape index (κ2) is 10.8. The lowest BCUT2D eigenvalue weighted by molar-refractivity contribution is -0.133. The van der Waals surface area contributed by atoms with Crippen LogP contribution in [0.2, 0.25) is 0 Å². The first-order valence-corrected chi connectivity index (χ1v) is 10.2. The summed E-state index contributed by atoms with van der Waals surface area (Å²) >= 11 is 0. The summed E-state index contributed by atoms with van der Waals surface area (Å²) in [5.74, 6) is 1.13. The van der Waals surface area contributed by atoms with E-state index in [0.29, 0.717) is 18.2 Å². The van der Waals surface area contributed by atoms with Gasteiger partial charge >= 0.3 is 0 Å². The van der Waals surface area contributed by atoms with Gasteiger partial charge in [0.1, 0.15) is 0 Å². The van der Waals surface area contributed by atoms with Crippen LogP contribution in [0.3, 0.4) is 0 Å². The van der Waals surface area contributed by atoms with Gasteiger partial charge < -0.3 is 20.3 Å². The molecule has 156 valence electrons. The lowest BCUT2D eigenvalue weighted by atomic mass is 9.96. The van der Waals surface area contributed by atoms with Crippen molar-refractivity contribution in [3.63, 3.8) is 0 Å². The van der Waals surface area contributed by atoms with Gasteiger partial charge in [-0.1, -0.05) is 0 Å². The Bertz CT molecular complexity index is 516. The molecule has 0 saturated carbocycles. The number of halogens is 1. The van der Waals surface area contributed by atoms with Crippen LogP contribution < -0.4 is 10.6 Å². The summed E-state index contributed by atoms with van der Waals surface area (Å²) in [7, 11) is 3.69. The van der Waals surface area contributed by atoms with Gasteiger partial charge in [-0.3, -0.25) is 14.7 Å². The van der Waals surface area contributed by atoms with Crippen LogP contribution in [0.5, 0.6) is 0 Å². The van der Waals surface area contributed by atoms with Crippen molar-refractivity contribution in [2.45, 2.75) is 69.7 Å². The summed E-state index contributed by atoms with van der Waals surface area (Å²) in [6.45, 7) is 5.69. The number of carbonyl (C=O) groups is 1. The molecule has 2 bridgehead atoms. The van der Waals surface area contributed by atoms with E-state index in [2.05, 4.69) is 22.5 Å². The van der Waals surface area contributed by atoms with Crippen molar-refractivity contribution >= 4 is 35.8 Å². The fraction of sp³-hybridized carbons (Fsp3) is 0.895. The van der Waals surface area contributed by atoms with Crippen LogP contribution in [0.1, 0.15) is 45.4 Å². The first-order chi connectivity index (χ1) is 12.6. The number of carbonyl (C=O) groups excluding carboxylic acids is 1. The van der Waals surface area contributed by atoms with E-state index in [4.69, 9.17) is 9.73 Å². The summed E-state index contributed by atoms with van der Waals surface area (Å²) in [4.78, 5) is 21.0. The van der Waals surface area contributed by atoms with E-state index in [1.165, 1.54) is 6.42 Å². The highest BCUT2D eigenvalue weighted by molar-refractivity contribution is 14.0. The Hall–Kier alpha value is -0.610. The molecule has 3 aliphatic rings. The van der Waals surface area contributed by atoms with Crippen LogP contribution in [0.25, 0.3) is 0 Å². The fourth-order valence-electron chi connectivity index (χ4n) is 4.42. The fourth-order valence-corrected chi connectivity index (χ4v) is 4.42. The van der Waals surface area contributed by atoms with E-state index in [1.807, 2.05) is 14.1 Å². The molecule has 3 heterocycles. The van der Waals surface area contributed by atoms with Gasteiger partial charge in [0.05, 0.1) is 24.3 Å². The maximum atomic E-state index is 12.3. The molecule has 0 aliphatic carbocycles. The highest BCUT2D eigenvalue weighted by Crippen LogP contribution is 2.34. The first kappa shape index (κ1) is 22.7. The molecule has 3 rings (SSSR count). The molecule has 3 aliphatic heterocycles. The summed E-state index contributed by atoms with van der Waals surface area (Å²) in [5.41, 5.74) is 0. The largest absolute Gasteiger partial charge is 0.373 e. The lowest BCUT2D eigenvalue weighted by Crippen LogP contribution is -2.47. The van der Waals surface area contributed by atoms with Crippen molar-refractivity contribution in [1.29, 1.82) is 0 Å². The number of likely N-dealkylation sites (N-methyl/N-ethyl adjacent to an activating group) is 1.